The van der Waals surface area contributed by atoms with Gasteiger partial charge in [-0.1, -0.05) is 18.7 Å². The highest BCUT2D eigenvalue weighted by Gasteiger charge is 2.11. The van der Waals surface area contributed by atoms with Crippen LogP contribution in [0, 0.1) is 11.6 Å². The molecule has 0 fully saturated rings. The van der Waals surface area contributed by atoms with Gasteiger partial charge in [0.1, 0.15) is 5.82 Å². The van der Waals surface area contributed by atoms with Crippen molar-refractivity contribution < 1.29 is 13.6 Å². The van der Waals surface area contributed by atoms with Crippen LogP contribution in [0.2, 0.25) is 0 Å². The Morgan fingerprint density at radius 2 is 2.09 bits per heavy atom. The van der Waals surface area contributed by atoms with E-state index in [2.05, 4.69) is 15.5 Å². The number of halogens is 2. The van der Waals surface area contributed by atoms with Gasteiger partial charge in [0.25, 0.3) is 5.91 Å². The predicted octanol–water partition coefficient (Wildman–Crippen LogP) is 2.18. The minimum Gasteiger partial charge on any atom is -0.352 e. The van der Waals surface area contributed by atoms with Crippen LogP contribution in [0.4, 0.5) is 8.78 Å². The average Bonchev–Trinajstić information content (AvgIpc) is 2.83. The lowest BCUT2D eigenvalue weighted by molar-refractivity contribution is 0.0953. The lowest BCUT2D eigenvalue weighted by Gasteiger charge is -2.06. The van der Waals surface area contributed by atoms with Gasteiger partial charge in [-0.05, 0) is 24.0 Å². The number of amides is 1. The summed E-state index contributed by atoms with van der Waals surface area (Å²) in [5.74, 6) is -0.816. The van der Waals surface area contributed by atoms with Crippen molar-refractivity contribution >= 4 is 17.7 Å². The molecule has 8 heteroatoms. The molecule has 0 aliphatic rings. The standard InChI is InChI=1S/C14H16F2N4OS/c1-3-22-14-19-18-12(20(14)2)6-7-17-13(21)9-4-5-10(15)11(16)8-9/h4-5,8H,3,6-7H2,1-2H3,(H,17,21). The molecule has 1 heterocycles. The van der Waals surface area contributed by atoms with Crippen LogP contribution in [0.25, 0.3) is 0 Å². The molecule has 0 spiro atoms. The molecule has 1 aromatic heterocycles. The fourth-order valence-electron chi connectivity index (χ4n) is 1.84. The molecule has 0 aliphatic heterocycles. The van der Waals surface area contributed by atoms with Crippen LogP contribution in [0.5, 0.6) is 0 Å². The quantitative estimate of drug-likeness (QED) is 0.827. The van der Waals surface area contributed by atoms with E-state index in [0.717, 1.165) is 28.9 Å². The van der Waals surface area contributed by atoms with Gasteiger partial charge in [0.05, 0.1) is 0 Å². The third-order valence-electron chi connectivity index (χ3n) is 3.01. The summed E-state index contributed by atoms with van der Waals surface area (Å²) < 4.78 is 27.8. The molecule has 1 N–H and O–H groups in total. The molecule has 0 radical (unpaired) electrons. The van der Waals surface area contributed by atoms with E-state index in [0.29, 0.717) is 13.0 Å². The van der Waals surface area contributed by atoms with Gasteiger partial charge in [0.15, 0.2) is 16.8 Å². The molecule has 22 heavy (non-hydrogen) atoms. The minimum absolute atomic E-state index is 0.0825. The van der Waals surface area contributed by atoms with E-state index in [-0.39, 0.29) is 5.56 Å². The van der Waals surface area contributed by atoms with Crippen LogP contribution >= 0.6 is 11.8 Å². The van der Waals surface area contributed by atoms with E-state index < -0.39 is 17.5 Å². The highest BCUT2D eigenvalue weighted by atomic mass is 32.2. The summed E-state index contributed by atoms with van der Waals surface area (Å²) in [4.78, 5) is 11.8. The Morgan fingerprint density at radius 3 is 2.77 bits per heavy atom. The summed E-state index contributed by atoms with van der Waals surface area (Å²) >= 11 is 1.59. The molecular formula is C14H16F2N4OS. The maximum Gasteiger partial charge on any atom is 0.251 e. The van der Waals surface area contributed by atoms with E-state index in [4.69, 9.17) is 0 Å². The summed E-state index contributed by atoms with van der Waals surface area (Å²) in [6.07, 6.45) is 0.503. The first-order valence-electron chi connectivity index (χ1n) is 6.77. The summed E-state index contributed by atoms with van der Waals surface area (Å²) in [6.45, 7) is 2.36. The van der Waals surface area contributed by atoms with Gasteiger partial charge in [0.2, 0.25) is 0 Å². The van der Waals surface area contributed by atoms with Crippen molar-refractivity contribution in [2.45, 2.75) is 18.5 Å². The van der Waals surface area contributed by atoms with E-state index in [1.54, 1.807) is 11.8 Å². The van der Waals surface area contributed by atoms with Crippen molar-refractivity contribution in [3.05, 3.63) is 41.2 Å². The van der Waals surface area contributed by atoms with Gasteiger partial charge in [-0.25, -0.2) is 8.78 Å². The number of rotatable bonds is 6. The first-order valence-corrected chi connectivity index (χ1v) is 7.75. The van der Waals surface area contributed by atoms with Crippen molar-refractivity contribution in [2.24, 2.45) is 7.05 Å². The number of hydrogen-bond acceptors (Lipinski definition) is 4. The monoisotopic (exact) mass is 326 g/mol. The molecule has 0 atom stereocenters. The van der Waals surface area contributed by atoms with Gasteiger partial charge >= 0.3 is 0 Å². The van der Waals surface area contributed by atoms with Crippen LogP contribution in [0.1, 0.15) is 23.1 Å². The van der Waals surface area contributed by atoms with E-state index in [1.807, 2.05) is 18.5 Å². The van der Waals surface area contributed by atoms with Crippen LogP contribution in [0.3, 0.4) is 0 Å². The van der Waals surface area contributed by atoms with E-state index in [9.17, 15) is 13.6 Å². The predicted molar refractivity (Wildman–Crippen MR) is 79.8 cm³/mol. The molecule has 0 unspecified atom stereocenters. The van der Waals surface area contributed by atoms with Crippen LogP contribution in [-0.2, 0) is 13.5 Å². The largest absolute Gasteiger partial charge is 0.352 e. The molecule has 5 nitrogen and oxygen atoms in total. The van der Waals surface area contributed by atoms with Crippen LogP contribution < -0.4 is 5.32 Å². The highest BCUT2D eigenvalue weighted by Crippen LogP contribution is 2.14. The van der Waals surface area contributed by atoms with E-state index in [1.165, 1.54) is 6.07 Å². The molecule has 2 rings (SSSR count). The Morgan fingerprint density at radius 1 is 1.32 bits per heavy atom. The van der Waals surface area contributed by atoms with Crippen LogP contribution in [-0.4, -0.2) is 33.0 Å². The lowest BCUT2D eigenvalue weighted by Crippen LogP contribution is -2.26. The van der Waals surface area contributed by atoms with Gasteiger partial charge in [0, 0.05) is 25.6 Å². The first kappa shape index (κ1) is 16.4. The van der Waals surface area contributed by atoms with Crippen molar-refractivity contribution in [3.63, 3.8) is 0 Å². The van der Waals surface area contributed by atoms with Gasteiger partial charge in [-0.2, -0.15) is 0 Å². The summed E-state index contributed by atoms with van der Waals surface area (Å²) in [6, 6.07) is 3.05. The Kier molecular flexibility index (Phi) is 5.48. The molecular weight excluding hydrogens is 310 g/mol. The Labute approximate surface area is 131 Å². The number of carbonyl (C=O) groups is 1. The Balaban J connectivity index is 1.90. The Hall–Kier alpha value is -1.96. The number of thioether (sulfide) groups is 1. The molecule has 1 amide bonds. The molecule has 2 aromatic rings. The fourth-order valence-corrected chi connectivity index (χ4v) is 2.50. The number of aromatic nitrogens is 3. The van der Waals surface area contributed by atoms with Crippen molar-refractivity contribution in [2.75, 3.05) is 12.3 Å². The molecule has 0 aliphatic carbocycles. The number of nitrogens with zero attached hydrogens (tertiary/aromatic N) is 3. The smallest absolute Gasteiger partial charge is 0.251 e. The molecule has 0 saturated heterocycles. The molecule has 118 valence electrons. The molecule has 0 saturated carbocycles. The minimum atomic E-state index is -1.04. The number of carbonyl (C=O) groups excluding carboxylic acids is 1. The fraction of sp³-hybridized carbons (Fsp3) is 0.357. The maximum atomic E-state index is 13.1. The number of benzene rings is 1. The summed E-state index contributed by atoms with van der Waals surface area (Å²) in [5, 5.41) is 11.6. The normalized spacial score (nSPS) is 10.7. The highest BCUT2D eigenvalue weighted by molar-refractivity contribution is 7.99. The van der Waals surface area contributed by atoms with Gasteiger partial charge in [-0.3, -0.25) is 4.79 Å². The SMILES string of the molecule is CCSc1nnc(CCNC(=O)c2ccc(F)c(F)c2)n1C. The molecule has 0 bridgehead atoms. The second-order valence-corrected chi connectivity index (χ2v) is 5.76. The zero-order valence-corrected chi connectivity index (χ0v) is 13.1. The Bertz CT molecular complexity index is 675. The summed E-state index contributed by atoms with van der Waals surface area (Å²) in [5.41, 5.74) is 0.0825. The summed E-state index contributed by atoms with van der Waals surface area (Å²) in [7, 11) is 1.87. The second kappa shape index (κ2) is 7.35. The topological polar surface area (TPSA) is 59.8 Å². The first-order chi connectivity index (χ1) is 10.5. The average molecular weight is 326 g/mol. The lowest BCUT2D eigenvalue weighted by atomic mass is 10.2. The van der Waals surface area contributed by atoms with Gasteiger partial charge < -0.3 is 9.88 Å². The van der Waals surface area contributed by atoms with Crippen molar-refractivity contribution in [3.8, 4) is 0 Å². The van der Waals surface area contributed by atoms with Gasteiger partial charge in [-0.15, -0.1) is 10.2 Å². The van der Waals surface area contributed by atoms with Crippen LogP contribution in [0.15, 0.2) is 23.4 Å². The maximum absolute atomic E-state index is 13.1. The number of hydrogen-bond donors (Lipinski definition) is 1. The number of nitrogens with one attached hydrogen (secondary N) is 1. The zero-order chi connectivity index (χ0) is 16.1. The molecule has 1 aromatic carbocycles. The van der Waals surface area contributed by atoms with Crippen molar-refractivity contribution in [1.82, 2.24) is 20.1 Å². The zero-order valence-electron chi connectivity index (χ0n) is 12.3. The van der Waals surface area contributed by atoms with E-state index >= 15 is 0 Å². The van der Waals surface area contributed by atoms with Crippen molar-refractivity contribution in [1.29, 1.82) is 0 Å². The third-order valence-corrected chi connectivity index (χ3v) is 3.92. The second-order valence-electron chi connectivity index (χ2n) is 4.53. The third kappa shape index (κ3) is 3.82.